The van der Waals surface area contributed by atoms with E-state index < -0.39 is 0 Å². The van der Waals surface area contributed by atoms with E-state index in [9.17, 15) is 0 Å². The number of hydrogen-bond donors (Lipinski definition) is 3. The summed E-state index contributed by atoms with van der Waals surface area (Å²) in [7, 11) is 0. The van der Waals surface area contributed by atoms with Gasteiger partial charge in [0.25, 0.3) is 0 Å². The molecule has 1 aliphatic rings. The average Bonchev–Trinajstić information content (AvgIpc) is 3.28. The molecule has 0 atom stereocenters. The number of anilines is 2. The molecule has 1 aliphatic heterocycles. The van der Waals surface area contributed by atoms with Crippen LogP contribution in [-0.2, 0) is 6.54 Å². The van der Waals surface area contributed by atoms with Crippen molar-refractivity contribution in [2.24, 2.45) is 0 Å². The number of pyridine rings is 1. The second kappa shape index (κ2) is 8.92. The van der Waals surface area contributed by atoms with Crippen LogP contribution in [0, 0.1) is 0 Å². The lowest BCUT2D eigenvalue weighted by Gasteiger charge is -2.27. The molecule has 4 heterocycles. The molecule has 0 amide bonds. The van der Waals surface area contributed by atoms with Crippen molar-refractivity contribution >= 4 is 22.8 Å². The van der Waals surface area contributed by atoms with Crippen molar-refractivity contribution in [2.75, 3.05) is 36.4 Å². The van der Waals surface area contributed by atoms with Crippen molar-refractivity contribution in [1.82, 2.24) is 30.5 Å². The van der Waals surface area contributed by atoms with E-state index in [1.165, 1.54) is 5.56 Å². The van der Waals surface area contributed by atoms with Gasteiger partial charge in [0.05, 0.1) is 11.4 Å². The lowest BCUT2D eigenvalue weighted by Crippen LogP contribution is -2.44. The molecule has 3 N–H and O–H groups in total. The van der Waals surface area contributed by atoms with E-state index in [0.29, 0.717) is 12.5 Å². The van der Waals surface area contributed by atoms with E-state index in [1.807, 2.05) is 24.4 Å². The smallest absolute Gasteiger partial charge is 0.228 e. The summed E-state index contributed by atoms with van der Waals surface area (Å²) in [4.78, 5) is 16.4. The maximum atomic E-state index is 4.89. The Hall–Kier alpha value is -3.52. The lowest BCUT2D eigenvalue weighted by molar-refractivity contribution is 0.580. The maximum absolute atomic E-state index is 4.89. The highest BCUT2D eigenvalue weighted by molar-refractivity contribution is 5.88. The summed E-state index contributed by atoms with van der Waals surface area (Å²) in [5, 5.41) is 14.6. The highest BCUT2D eigenvalue weighted by Gasteiger charge is 2.20. The van der Waals surface area contributed by atoms with Gasteiger partial charge in [0, 0.05) is 44.5 Å². The third kappa shape index (κ3) is 4.13. The van der Waals surface area contributed by atoms with Gasteiger partial charge in [0.1, 0.15) is 5.52 Å². The van der Waals surface area contributed by atoms with Crippen LogP contribution in [-0.4, -0.2) is 51.3 Å². The van der Waals surface area contributed by atoms with Crippen LogP contribution in [0.25, 0.3) is 22.3 Å². The zero-order valence-electron chi connectivity index (χ0n) is 18.5. The molecule has 4 aromatic rings. The lowest BCUT2D eigenvalue weighted by atomic mass is 10.1. The molecule has 0 spiro atoms. The largest absolute Gasteiger partial charge is 0.364 e. The predicted molar refractivity (Wildman–Crippen MR) is 128 cm³/mol. The molecule has 0 aliphatic carbocycles. The standard InChI is InChI=1S/C24H28N8/c1-16(2)20-21-22(31-30-20)23(29-24(28-21)32-13-11-25-12-14-32)27-15-17-6-8-18(9-7-17)19-5-3-4-10-26-19/h3-10,16,25H,11-15H2,1-2H3,(H,30,31)(H,27,28,29). The van der Waals surface area contributed by atoms with Crippen molar-refractivity contribution in [2.45, 2.75) is 26.3 Å². The fourth-order valence-electron chi connectivity index (χ4n) is 3.95. The number of hydrogen-bond acceptors (Lipinski definition) is 7. The molecule has 0 saturated carbocycles. The monoisotopic (exact) mass is 428 g/mol. The first-order valence-corrected chi connectivity index (χ1v) is 11.1. The molecule has 1 saturated heterocycles. The van der Waals surface area contributed by atoms with Gasteiger partial charge in [-0.05, 0) is 23.6 Å². The summed E-state index contributed by atoms with van der Waals surface area (Å²) < 4.78 is 0. The van der Waals surface area contributed by atoms with Gasteiger partial charge in [-0.3, -0.25) is 10.1 Å². The van der Waals surface area contributed by atoms with Crippen LogP contribution in [0.15, 0.2) is 48.7 Å². The van der Waals surface area contributed by atoms with Gasteiger partial charge in [-0.2, -0.15) is 10.1 Å². The normalized spacial score (nSPS) is 14.3. The predicted octanol–water partition coefficient (Wildman–Crippen LogP) is 3.56. The fraction of sp³-hybridized carbons (Fsp3) is 0.333. The first kappa shape index (κ1) is 20.4. The molecule has 0 radical (unpaired) electrons. The van der Waals surface area contributed by atoms with Gasteiger partial charge < -0.3 is 15.5 Å². The molecular weight excluding hydrogens is 400 g/mol. The summed E-state index contributed by atoms with van der Waals surface area (Å²) >= 11 is 0. The van der Waals surface area contributed by atoms with Crippen LogP contribution in [0.3, 0.4) is 0 Å². The Morgan fingerprint density at radius 1 is 1.00 bits per heavy atom. The summed E-state index contributed by atoms with van der Waals surface area (Å²) in [6, 6.07) is 14.4. The Kier molecular flexibility index (Phi) is 5.68. The van der Waals surface area contributed by atoms with E-state index in [2.05, 4.69) is 68.8 Å². The van der Waals surface area contributed by atoms with E-state index in [1.54, 1.807) is 0 Å². The van der Waals surface area contributed by atoms with Crippen molar-refractivity contribution in [1.29, 1.82) is 0 Å². The zero-order valence-corrected chi connectivity index (χ0v) is 18.5. The van der Waals surface area contributed by atoms with Crippen molar-refractivity contribution < 1.29 is 0 Å². The number of fused-ring (bicyclic) bond motifs is 1. The maximum Gasteiger partial charge on any atom is 0.228 e. The molecule has 1 aromatic carbocycles. The van der Waals surface area contributed by atoms with Gasteiger partial charge in [-0.1, -0.05) is 44.2 Å². The molecule has 1 fully saturated rings. The van der Waals surface area contributed by atoms with Crippen LogP contribution in [0.2, 0.25) is 0 Å². The van der Waals surface area contributed by atoms with Crippen LogP contribution in [0.4, 0.5) is 11.8 Å². The minimum Gasteiger partial charge on any atom is -0.364 e. The molecule has 5 rings (SSSR count). The van der Waals surface area contributed by atoms with Gasteiger partial charge >= 0.3 is 0 Å². The molecule has 8 heteroatoms. The van der Waals surface area contributed by atoms with Crippen LogP contribution < -0.4 is 15.5 Å². The molecule has 3 aromatic heterocycles. The third-order valence-corrected chi connectivity index (χ3v) is 5.77. The van der Waals surface area contributed by atoms with Gasteiger partial charge in [-0.25, -0.2) is 4.98 Å². The van der Waals surface area contributed by atoms with Crippen LogP contribution in [0.5, 0.6) is 0 Å². The Morgan fingerprint density at radius 3 is 2.53 bits per heavy atom. The number of H-pyrrole nitrogens is 1. The van der Waals surface area contributed by atoms with Gasteiger partial charge in [0.2, 0.25) is 5.95 Å². The fourth-order valence-corrected chi connectivity index (χ4v) is 3.95. The van der Waals surface area contributed by atoms with Crippen LogP contribution in [0.1, 0.15) is 31.0 Å². The van der Waals surface area contributed by atoms with E-state index in [4.69, 9.17) is 9.97 Å². The molecule has 32 heavy (non-hydrogen) atoms. The number of benzene rings is 1. The SMILES string of the molecule is CC(C)c1[nH]nc2c(NCc3ccc(-c4ccccn4)cc3)nc(N3CCNCC3)nc12. The zero-order chi connectivity index (χ0) is 21.9. The second-order valence-electron chi connectivity index (χ2n) is 8.36. The quantitative estimate of drug-likeness (QED) is 0.432. The molecule has 0 bridgehead atoms. The van der Waals surface area contributed by atoms with E-state index in [0.717, 1.165) is 65.9 Å². The van der Waals surface area contributed by atoms with Crippen molar-refractivity contribution in [3.8, 4) is 11.3 Å². The number of piperazine rings is 1. The van der Waals surface area contributed by atoms with Crippen molar-refractivity contribution in [3.63, 3.8) is 0 Å². The molecule has 8 nitrogen and oxygen atoms in total. The third-order valence-electron chi connectivity index (χ3n) is 5.77. The Balaban J connectivity index is 1.41. The number of nitrogens with zero attached hydrogens (tertiary/aromatic N) is 5. The molecule has 164 valence electrons. The molecular formula is C24H28N8. The van der Waals surface area contributed by atoms with Gasteiger partial charge in [0.15, 0.2) is 11.3 Å². The summed E-state index contributed by atoms with van der Waals surface area (Å²) in [5.41, 5.74) is 5.98. The number of aromatic amines is 1. The summed E-state index contributed by atoms with van der Waals surface area (Å²) in [6.07, 6.45) is 1.82. The van der Waals surface area contributed by atoms with Crippen molar-refractivity contribution in [3.05, 3.63) is 59.9 Å². The first-order valence-electron chi connectivity index (χ1n) is 11.1. The van der Waals surface area contributed by atoms with Crippen LogP contribution >= 0.6 is 0 Å². The minimum absolute atomic E-state index is 0.303. The Labute approximate surface area is 187 Å². The Bertz CT molecular complexity index is 1180. The Morgan fingerprint density at radius 2 is 1.81 bits per heavy atom. The summed E-state index contributed by atoms with van der Waals surface area (Å²) in [6.45, 7) is 8.62. The molecule has 0 unspecified atom stereocenters. The first-order chi connectivity index (χ1) is 15.7. The highest BCUT2D eigenvalue weighted by atomic mass is 15.3. The number of aromatic nitrogens is 5. The minimum atomic E-state index is 0.303. The second-order valence-corrected chi connectivity index (χ2v) is 8.36. The van der Waals surface area contributed by atoms with E-state index >= 15 is 0 Å². The number of nitrogens with one attached hydrogen (secondary N) is 3. The highest BCUT2D eigenvalue weighted by Crippen LogP contribution is 2.28. The van der Waals surface area contributed by atoms with Gasteiger partial charge in [-0.15, -0.1) is 0 Å². The summed E-state index contributed by atoms with van der Waals surface area (Å²) in [5.74, 6) is 1.83. The average molecular weight is 429 g/mol. The number of rotatable bonds is 6. The topological polar surface area (TPSA) is 94.7 Å². The van der Waals surface area contributed by atoms with E-state index in [-0.39, 0.29) is 0 Å².